The van der Waals surface area contributed by atoms with E-state index in [1.54, 1.807) is 20.8 Å². The Hall–Kier alpha value is -3.94. The number of ether oxygens (including phenoxy) is 2. The van der Waals surface area contributed by atoms with Gasteiger partial charge in [0.05, 0.1) is 36.0 Å². The van der Waals surface area contributed by atoms with Gasteiger partial charge in [-0.25, -0.2) is 4.79 Å². The first-order valence-electron chi connectivity index (χ1n) is 22.3. The number of hydrogen-bond donors (Lipinski definition) is 4. The summed E-state index contributed by atoms with van der Waals surface area (Å²) in [6, 6.07) is -0.542. The average Bonchev–Trinajstić information content (AvgIpc) is 3.77. The predicted molar refractivity (Wildman–Crippen MR) is 227 cm³/mol. The fraction of sp³-hybridized carbons (Fsp3) is 0.804. The summed E-state index contributed by atoms with van der Waals surface area (Å²) in [4.78, 5) is 65.3. The van der Waals surface area contributed by atoms with Gasteiger partial charge in [0.2, 0.25) is 0 Å². The largest absolute Gasteiger partial charge is 0.481 e. The van der Waals surface area contributed by atoms with Crippen LogP contribution in [0.25, 0.3) is 10.4 Å². The van der Waals surface area contributed by atoms with E-state index >= 15 is 0 Å². The van der Waals surface area contributed by atoms with Crippen molar-refractivity contribution >= 4 is 17.9 Å². The van der Waals surface area contributed by atoms with Gasteiger partial charge in [0.25, 0.3) is 5.56 Å². The van der Waals surface area contributed by atoms with E-state index in [2.05, 4.69) is 63.1 Å². The second-order valence-electron chi connectivity index (χ2n) is 21.6. The van der Waals surface area contributed by atoms with Crippen molar-refractivity contribution in [3.8, 4) is 0 Å². The van der Waals surface area contributed by atoms with Gasteiger partial charge < -0.3 is 24.8 Å². The first kappa shape index (κ1) is 46.6. The van der Waals surface area contributed by atoms with E-state index in [4.69, 9.17) is 20.1 Å². The maximum Gasteiger partial charge on any atom is 0.330 e. The highest BCUT2D eigenvalue weighted by Crippen LogP contribution is 2.77. The monoisotopic (exact) mass is 852 g/mol. The number of carbonyl (C=O) groups excluding carboxylic acids is 1. The Morgan fingerprint density at radius 3 is 2.30 bits per heavy atom. The highest BCUT2D eigenvalue weighted by molar-refractivity contribution is 5.81. The van der Waals surface area contributed by atoms with Crippen LogP contribution >= 0.6 is 0 Å². The van der Waals surface area contributed by atoms with Gasteiger partial charge in [0.1, 0.15) is 12.3 Å². The van der Waals surface area contributed by atoms with Crippen molar-refractivity contribution in [2.75, 3.05) is 6.61 Å². The number of carbonyl (C=O) groups is 3. The molecule has 0 bridgehead atoms. The summed E-state index contributed by atoms with van der Waals surface area (Å²) in [7, 11) is 0. The molecule has 2 heterocycles. The molecule has 0 aromatic carbocycles. The summed E-state index contributed by atoms with van der Waals surface area (Å²) in [5, 5.41) is 32.8. The van der Waals surface area contributed by atoms with Crippen LogP contribution in [-0.4, -0.2) is 67.6 Å². The number of nitrogens with one attached hydrogen (secondary N) is 1. The van der Waals surface area contributed by atoms with E-state index in [1.165, 1.54) is 10.8 Å². The zero-order valence-corrected chi connectivity index (χ0v) is 37.7. The normalized spacial score (nSPS) is 39.7. The van der Waals surface area contributed by atoms with Gasteiger partial charge in [-0.2, -0.15) is 0 Å². The minimum atomic E-state index is -1.15. The molecule has 1 aliphatic heterocycles. The molecule has 6 aliphatic rings. The maximum atomic E-state index is 12.9. The topological polar surface area (TPSA) is 234 Å². The van der Waals surface area contributed by atoms with Crippen LogP contribution in [0.5, 0.6) is 0 Å². The zero-order chi connectivity index (χ0) is 45.2. The Balaban J connectivity index is 0.000000273. The molecule has 1 aromatic heterocycles. The number of fused-ring (bicyclic) bond motifs is 7. The van der Waals surface area contributed by atoms with Crippen molar-refractivity contribution in [2.24, 2.45) is 67.2 Å². The molecule has 15 nitrogen and oxygen atoms in total. The third-order valence-corrected chi connectivity index (χ3v) is 17.9. The van der Waals surface area contributed by atoms with Gasteiger partial charge in [-0.1, -0.05) is 51.9 Å². The van der Waals surface area contributed by atoms with E-state index in [0.717, 1.165) is 69.8 Å². The molecule has 1 saturated heterocycles. The van der Waals surface area contributed by atoms with Gasteiger partial charge in [-0.15, -0.1) is 0 Å². The number of carboxylic acid groups (broad SMARTS) is 2. The Morgan fingerprint density at radius 2 is 1.69 bits per heavy atom. The lowest BCUT2D eigenvalue weighted by atomic mass is 9.32. The molecular weight excluding hydrogens is 783 g/mol. The third kappa shape index (κ3) is 7.58. The molecule has 0 amide bonds. The van der Waals surface area contributed by atoms with Gasteiger partial charge in [-0.3, -0.25) is 28.7 Å². The molecule has 5 aliphatic carbocycles. The quantitative estimate of drug-likeness (QED) is 0.0615. The number of carboxylic acids is 2. The molecule has 0 unspecified atom stereocenters. The molecular formula is C46H69N5O10. The zero-order valence-electron chi connectivity index (χ0n) is 37.7. The number of aryl methyl sites for hydroxylation is 1. The summed E-state index contributed by atoms with van der Waals surface area (Å²) in [6.07, 6.45) is 9.71. The Kier molecular flexibility index (Phi) is 12.5. The van der Waals surface area contributed by atoms with E-state index in [-0.39, 0.29) is 53.1 Å². The maximum absolute atomic E-state index is 12.9. The SMILES string of the molecule is C=C(C)[C@@H]1CC[C@]2(C(=O)O)CC[C@]3(C)[C@H](CC[C@@H]4[C@@]5(C)CC[C@H](OC(=O)CC(C)(C)C(=O)O)C(C)(C)[C@@H]5CC[C@]43C)[C@@H]12.Cc1cn([C@H]2C[C@H](N=[N+]=[N-])[C@@H](CO)O2)c(=O)[nH]c1=O. The number of aliphatic hydroxyl groups is 1. The third-order valence-electron chi connectivity index (χ3n) is 17.9. The highest BCUT2D eigenvalue weighted by Gasteiger charge is 2.72. The van der Waals surface area contributed by atoms with Crippen LogP contribution in [0.3, 0.4) is 0 Å². The lowest BCUT2D eigenvalue weighted by Gasteiger charge is -2.72. The summed E-state index contributed by atoms with van der Waals surface area (Å²) in [5.74, 6) is -0.165. The number of nitrogens with zero attached hydrogens (tertiary/aromatic N) is 4. The van der Waals surface area contributed by atoms with Crippen molar-refractivity contribution in [3.63, 3.8) is 0 Å². The van der Waals surface area contributed by atoms with Gasteiger partial charge in [0, 0.05) is 28.5 Å². The number of aromatic nitrogens is 2. The average molecular weight is 852 g/mol. The van der Waals surface area contributed by atoms with Crippen LogP contribution in [0.2, 0.25) is 0 Å². The second-order valence-corrected chi connectivity index (χ2v) is 21.6. The number of H-pyrrole nitrogens is 1. The van der Waals surface area contributed by atoms with E-state index in [0.29, 0.717) is 29.2 Å². The lowest BCUT2D eigenvalue weighted by molar-refractivity contribution is -0.250. The molecule has 7 rings (SSSR count). The molecule has 338 valence electrons. The van der Waals surface area contributed by atoms with Gasteiger partial charge >= 0.3 is 23.6 Å². The minimum absolute atomic E-state index is 0.0847. The van der Waals surface area contributed by atoms with Gasteiger partial charge in [0.15, 0.2) is 0 Å². The molecule has 61 heavy (non-hydrogen) atoms. The molecule has 5 saturated carbocycles. The number of azide groups is 1. The van der Waals surface area contributed by atoms with E-state index < -0.39 is 58.4 Å². The number of aliphatic carboxylic acids is 2. The molecule has 13 atom stereocenters. The summed E-state index contributed by atoms with van der Waals surface area (Å²) >= 11 is 0. The number of esters is 1. The van der Waals surface area contributed by atoms with Crippen LogP contribution in [0.1, 0.15) is 144 Å². The predicted octanol–water partition coefficient (Wildman–Crippen LogP) is 7.95. The molecule has 15 heteroatoms. The fourth-order valence-electron chi connectivity index (χ4n) is 14.4. The second kappa shape index (κ2) is 16.3. The minimum Gasteiger partial charge on any atom is -0.481 e. The van der Waals surface area contributed by atoms with Crippen molar-refractivity contribution in [1.82, 2.24) is 9.55 Å². The Bertz CT molecular complexity index is 2090. The fourth-order valence-corrected chi connectivity index (χ4v) is 14.4. The number of aliphatic hydroxyl groups excluding tert-OH is 1. The van der Waals surface area contributed by atoms with Crippen LogP contribution in [-0.2, 0) is 23.9 Å². The molecule has 1 aromatic rings. The van der Waals surface area contributed by atoms with Crippen LogP contribution < -0.4 is 11.2 Å². The first-order chi connectivity index (χ1) is 28.3. The smallest absolute Gasteiger partial charge is 0.330 e. The summed E-state index contributed by atoms with van der Waals surface area (Å²) in [6.45, 7) is 23.0. The lowest BCUT2D eigenvalue weighted by Crippen LogP contribution is -2.67. The van der Waals surface area contributed by atoms with Crippen molar-refractivity contribution < 1.29 is 39.2 Å². The summed E-state index contributed by atoms with van der Waals surface area (Å²) < 4.78 is 12.8. The van der Waals surface area contributed by atoms with Crippen molar-refractivity contribution in [1.29, 1.82) is 0 Å². The number of hydrogen-bond acceptors (Lipinski definition) is 9. The molecule has 0 radical (unpaired) electrons. The highest BCUT2D eigenvalue weighted by atomic mass is 16.5. The number of aromatic amines is 1. The van der Waals surface area contributed by atoms with Crippen LogP contribution in [0.15, 0.2) is 33.1 Å². The molecule has 4 N–H and O–H groups in total. The van der Waals surface area contributed by atoms with Crippen LogP contribution in [0.4, 0.5) is 0 Å². The van der Waals surface area contributed by atoms with Crippen LogP contribution in [0, 0.1) is 69.0 Å². The summed E-state index contributed by atoms with van der Waals surface area (Å²) in [5.41, 5.74) is 7.28. The number of rotatable bonds is 9. The Labute approximate surface area is 358 Å². The molecule has 0 spiro atoms. The number of allylic oxidation sites excluding steroid dienone is 1. The van der Waals surface area contributed by atoms with E-state index in [1.807, 2.05) is 0 Å². The Morgan fingerprint density at radius 1 is 1.00 bits per heavy atom. The van der Waals surface area contributed by atoms with Gasteiger partial charge in [-0.05, 0) is 143 Å². The van der Waals surface area contributed by atoms with Crippen molar-refractivity contribution in [3.05, 3.63) is 55.2 Å². The van der Waals surface area contributed by atoms with E-state index in [9.17, 15) is 34.2 Å². The first-order valence-corrected chi connectivity index (χ1v) is 22.3. The molecule has 6 fully saturated rings. The van der Waals surface area contributed by atoms with Crippen molar-refractivity contribution in [2.45, 2.75) is 164 Å². The standard InChI is InChI=1S/C36H56O6.C10H13N5O4/c1-21(2)22-12-17-36(30(40)41)19-18-34(8)23(28(22)36)10-11-25-33(7)15-14-26(42-27(37)20-31(3,4)29(38)39)32(5,6)24(33)13-16-35(25,34)9;1-5-3-15(10(18)12-9(5)17)8-2-6(13-14-11)7(4-16)19-8/h22-26,28H,1,10-20H2,2-9H3,(H,38,39)(H,40,41);3,6-8,16H,2,4H2,1H3,(H,12,17,18)/t22-,23+,24-,25+,26-,28+,33-,34+,35+,36-;6-,7+,8+/m00/s1.